The summed E-state index contributed by atoms with van der Waals surface area (Å²) in [6, 6.07) is 60.6. The molecule has 1 unspecified atom stereocenters. The quantitative estimate of drug-likeness (QED) is 0.154. The molecule has 0 aliphatic heterocycles. The molecule has 0 heterocycles. The van der Waals surface area contributed by atoms with E-state index in [4.69, 9.17) is 0 Å². The van der Waals surface area contributed by atoms with Gasteiger partial charge in [-0.1, -0.05) is 219 Å². The summed E-state index contributed by atoms with van der Waals surface area (Å²) in [5, 5.41) is 0. The molecule has 7 aromatic carbocycles. The van der Waals surface area contributed by atoms with E-state index in [1.54, 1.807) is 0 Å². The number of fused-ring (bicyclic) bond motifs is 6. The number of para-hydroxylation sites is 1. The predicted octanol–water partition coefficient (Wildman–Crippen LogP) is 17.5. The molecular formula is C66H63N. The van der Waals surface area contributed by atoms with Crippen molar-refractivity contribution in [2.45, 2.75) is 96.3 Å². The zero-order chi connectivity index (χ0) is 46.3. The maximum atomic E-state index is 2.57. The van der Waals surface area contributed by atoms with E-state index in [0.717, 1.165) is 19.3 Å². The van der Waals surface area contributed by atoms with Crippen molar-refractivity contribution in [2.24, 2.45) is 5.92 Å². The fraction of sp³-hybridized carbons (Fsp3) is 0.242. The van der Waals surface area contributed by atoms with Crippen LogP contribution in [-0.2, 0) is 21.7 Å². The van der Waals surface area contributed by atoms with Crippen molar-refractivity contribution in [1.29, 1.82) is 0 Å². The number of hydrogen-bond donors (Lipinski definition) is 0. The minimum absolute atomic E-state index is 0.0364. The largest absolute Gasteiger partial charge is 0.310 e. The minimum atomic E-state index is -0.550. The first-order valence-corrected chi connectivity index (χ1v) is 24.6. The van der Waals surface area contributed by atoms with E-state index in [0.29, 0.717) is 5.92 Å². The number of benzene rings is 7. The minimum Gasteiger partial charge on any atom is -0.310 e. The van der Waals surface area contributed by atoms with Gasteiger partial charge in [0.05, 0.1) is 11.1 Å². The van der Waals surface area contributed by atoms with Crippen molar-refractivity contribution in [1.82, 2.24) is 0 Å². The average Bonchev–Trinajstić information content (AvgIpc) is 3.77. The third-order valence-corrected chi connectivity index (χ3v) is 15.4. The summed E-state index contributed by atoms with van der Waals surface area (Å²) < 4.78 is 0. The van der Waals surface area contributed by atoms with Gasteiger partial charge in [-0.15, -0.1) is 0 Å². The highest BCUT2D eigenvalue weighted by atomic mass is 15.1. The van der Waals surface area contributed by atoms with Gasteiger partial charge in [-0.05, 0) is 138 Å². The van der Waals surface area contributed by atoms with E-state index in [2.05, 4.69) is 254 Å². The number of allylic oxidation sites excluding steroid dienone is 7. The topological polar surface area (TPSA) is 3.24 Å². The summed E-state index contributed by atoms with van der Waals surface area (Å²) >= 11 is 0. The highest BCUT2D eigenvalue weighted by Gasteiger charge is 2.48. The summed E-state index contributed by atoms with van der Waals surface area (Å²) in [5.41, 5.74) is 22.7. The van der Waals surface area contributed by atoms with Gasteiger partial charge in [0.2, 0.25) is 0 Å². The van der Waals surface area contributed by atoms with Crippen molar-refractivity contribution in [3.8, 4) is 33.4 Å². The average molecular weight is 870 g/mol. The molecule has 4 aliphatic rings. The summed E-state index contributed by atoms with van der Waals surface area (Å²) in [6.07, 6.45) is 17.7. The highest BCUT2D eigenvalue weighted by molar-refractivity contribution is 6.00. The molecule has 1 atom stereocenters. The van der Waals surface area contributed by atoms with Crippen LogP contribution in [0, 0.1) is 5.92 Å². The van der Waals surface area contributed by atoms with Crippen LogP contribution in [0.15, 0.2) is 205 Å². The van der Waals surface area contributed by atoms with E-state index in [-0.39, 0.29) is 16.2 Å². The van der Waals surface area contributed by atoms with Gasteiger partial charge in [0.25, 0.3) is 0 Å². The van der Waals surface area contributed by atoms with Gasteiger partial charge in [0, 0.05) is 28.3 Å². The molecule has 67 heavy (non-hydrogen) atoms. The molecular weight excluding hydrogens is 807 g/mol. The van der Waals surface area contributed by atoms with Gasteiger partial charge in [0.1, 0.15) is 0 Å². The molecule has 7 aromatic rings. The number of hydrogen-bond acceptors (Lipinski definition) is 1. The first-order valence-electron chi connectivity index (χ1n) is 24.6. The monoisotopic (exact) mass is 869 g/mol. The molecule has 0 radical (unpaired) electrons. The Morgan fingerprint density at radius 2 is 1.12 bits per heavy atom. The van der Waals surface area contributed by atoms with Crippen LogP contribution in [0.4, 0.5) is 11.4 Å². The fourth-order valence-corrected chi connectivity index (χ4v) is 11.8. The molecule has 0 N–H and O–H groups in total. The Bertz CT molecular complexity index is 3150. The number of rotatable bonds is 7. The van der Waals surface area contributed by atoms with E-state index < -0.39 is 5.41 Å². The summed E-state index contributed by atoms with van der Waals surface area (Å²) in [4.78, 5) is 2.57. The number of nitrogens with zero attached hydrogens (tertiary/aromatic N) is 1. The molecule has 0 bridgehead atoms. The molecule has 0 aromatic heterocycles. The van der Waals surface area contributed by atoms with Gasteiger partial charge in [-0.3, -0.25) is 0 Å². The Morgan fingerprint density at radius 3 is 1.78 bits per heavy atom. The van der Waals surface area contributed by atoms with Gasteiger partial charge in [-0.25, -0.2) is 0 Å². The SMILES string of the molecule is CC(C)(C)c1ccc2c(c1)C(c1ccccc1)(c1ccccc1)c1cc(C(C)(C)C)cc(-c3ccccc3N(C3=CCC(C4=CCCC=C4)C=C3)c3ccc4c(c3)C(C)(C)c3ccccc3-4)c1-2. The Morgan fingerprint density at radius 1 is 0.493 bits per heavy atom. The molecule has 0 fully saturated rings. The Kier molecular flexibility index (Phi) is 10.2. The molecule has 0 saturated heterocycles. The van der Waals surface area contributed by atoms with Crippen molar-refractivity contribution < 1.29 is 0 Å². The second-order valence-electron chi connectivity index (χ2n) is 22.0. The van der Waals surface area contributed by atoms with Crippen LogP contribution < -0.4 is 4.90 Å². The van der Waals surface area contributed by atoms with E-state index in [1.165, 1.54) is 101 Å². The van der Waals surface area contributed by atoms with E-state index in [1.807, 2.05) is 0 Å². The standard InChI is InChI=1S/C66H63N/c1-63(2,3)48-34-38-55-59(41-48)66(46-24-14-10-15-25-46,47-26-16-11-17-27-47)60-42-49(64(4,5)6)40-56(62(55)60)54-29-19-21-31-61(54)67(50-35-32-45(33-36-50)44-22-12-9-13-23-44)51-37-39-53-52-28-18-20-30-57(52)65(7,8)58(53)43-51/h10-12,14-32,34-43,45H,9,13,33H2,1-8H3. The van der Waals surface area contributed by atoms with Gasteiger partial charge >= 0.3 is 0 Å². The molecule has 0 saturated carbocycles. The second-order valence-corrected chi connectivity index (χ2v) is 22.0. The van der Waals surface area contributed by atoms with Crippen molar-refractivity contribution in [3.63, 3.8) is 0 Å². The van der Waals surface area contributed by atoms with Gasteiger partial charge in [-0.2, -0.15) is 0 Å². The van der Waals surface area contributed by atoms with Crippen LogP contribution in [-0.4, -0.2) is 0 Å². The lowest BCUT2D eigenvalue weighted by atomic mass is 9.66. The first kappa shape index (κ1) is 42.9. The predicted molar refractivity (Wildman–Crippen MR) is 285 cm³/mol. The Labute approximate surface area is 400 Å². The maximum absolute atomic E-state index is 2.57. The summed E-state index contributed by atoms with van der Waals surface area (Å²) in [6.45, 7) is 18.9. The zero-order valence-electron chi connectivity index (χ0n) is 40.6. The van der Waals surface area contributed by atoms with Gasteiger partial charge in [0.15, 0.2) is 0 Å². The van der Waals surface area contributed by atoms with E-state index in [9.17, 15) is 0 Å². The first-order chi connectivity index (χ1) is 32.3. The van der Waals surface area contributed by atoms with Crippen LogP contribution in [0.25, 0.3) is 33.4 Å². The third kappa shape index (κ3) is 6.96. The number of anilines is 2. The molecule has 11 rings (SSSR count). The summed E-state index contributed by atoms with van der Waals surface area (Å²) in [7, 11) is 0. The van der Waals surface area contributed by atoms with Crippen molar-refractivity contribution >= 4 is 11.4 Å². The van der Waals surface area contributed by atoms with Crippen LogP contribution in [0.1, 0.15) is 119 Å². The lowest BCUT2D eigenvalue weighted by molar-refractivity contribution is 0.586. The maximum Gasteiger partial charge on any atom is 0.0713 e. The molecule has 332 valence electrons. The van der Waals surface area contributed by atoms with Crippen molar-refractivity contribution in [3.05, 3.63) is 250 Å². The zero-order valence-corrected chi connectivity index (χ0v) is 40.6. The molecule has 1 heteroatoms. The lowest BCUT2D eigenvalue weighted by Crippen LogP contribution is -2.29. The highest BCUT2D eigenvalue weighted by Crippen LogP contribution is 2.61. The Balaban J connectivity index is 1.20. The van der Waals surface area contributed by atoms with Crippen LogP contribution >= 0.6 is 0 Å². The van der Waals surface area contributed by atoms with E-state index >= 15 is 0 Å². The van der Waals surface area contributed by atoms with Crippen LogP contribution in [0.5, 0.6) is 0 Å². The molecule has 0 spiro atoms. The van der Waals surface area contributed by atoms with Gasteiger partial charge < -0.3 is 4.90 Å². The summed E-state index contributed by atoms with van der Waals surface area (Å²) in [5.74, 6) is 0.371. The Hall–Kier alpha value is -6.70. The normalized spacial score (nSPS) is 17.5. The molecule has 0 amide bonds. The van der Waals surface area contributed by atoms with Crippen LogP contribution in [0.2, 0.25) is 0 Å². The third-order valence-electron chi connectivity index (χ3n) is 15.4. The van der Waals surface area contributed by atoms with Crippen LogP contribution in [0.3, 0.4) is 0 Å². The molecule has 1 nitrogen and oxygen atoms in total. The smallest absolute Gasteiger partial charge is 0.0713 e. The molecule has 4 aliphatic carbocycles. The van der Waals surface area contributed by atoms with Crippen molar-refractivity contribution in [2.75, 3.05) is 4.90 Å². The lowest BCUT2D eigenvalue weighted by Gasteiger charge is -2.36. The second kappa shape index (κ2) is 16.0. The fourth-order valence-electron chi connectivity index (χ4n) is 11.8.